The Morgan fingerprint density at radius 1 is 1.53 bits per heavy atom. The van der Waals surface area contributed by atoms with Gasteiger partial charge in [-0.3, -0.25) is 5.32 Å². The second kappa shape index (κ2) is 5.49. The minimum absolute atomic E-state index is 0.248. The van der Waals surface area contributed by atoms with Crippen molar-refractivity contribution >= 4 is 18.0 Å². The van der Waals surface area contributed by atoms with E-state index in [2.05, 4.69) is 18.5 Å². The van der Waals surface area contributed by atoms with E-state index in [0.717, 1.165) is 12.7 Å². The van der Waals surface area contributed by atoms with E-state index in [9.17, 15) is 4.79 Å². The van der Waals surface area contributed by atoms with Gasteiger partial charge in [0.15, 0.2) is 0 Å². The van der Waals surface area contributed by atoms with Gasteiger partial charge in [-0.1, -0.05) is 12.2 Å². The van der Waals surface area contributed by atoms with Crippen molar-refractivity contribution in [2.24, 2.45) is 11.7 Å². The molecule has 0 aliphatic carbocycles. The summed E-state index contributed by atoms with van der Waals surface area (Å²) in [5, 5.41) is 3.60. The van der Waals surface area contributed by atoms with Crippen LogP contribution in [0.4, 0.5) is 0 Å². The van der Waals surface area contributed by atoms with Gasteiger partial charge in [0.2, 0.25) is 0 Å². The third-order valence-corrected chi connectivity index (χ3v) is 4.50. The van der Waals surface area contributed by atoms with E-state index in [1.165, 1.54) is 0 Å². The van der Waals surface area contributed by atoms with Crippen molar-refractivity contribution in [1.82, 2.24) is 5.32 Å². The lowest BCUT2D eigenvalue weighted by atomic mass is 9.94. The van der Waals surface area contributed by atoms with Crippen molar-refractivity contribution in [3.63, 3.8) is 0 Å². The molecule has 0 radical (unpaired) electrons. The van der Waals surface area contributed by atoms with E-state index in [0.29, 0.717) is 18.3 Å². The first-order chi connectivity index (χ1) is 7.22. The van der Waals surface area contributed by atoms with Crippen LogP contribution >= 0.6 is 11.8 Å². The predicted molar refractivity (Wildman–Crippen MR) is 65.7 cm³/mol. The molecule has 1 aliphatic rings. The van der Waals surface area contributed by atoms with E-state index in [-0.39, 0.29) is 10.8 Å². The molecule has 84 valence electrons. The van der Waals surface area contributed by atoms with Crippen molar-refractivity contribution in [2.45, 2.75) is 16.5 Å². The van der Waals surface area contributed by atoms with Crippen LogP contribution in [0.1, 0.15) is 6.42 Å². The Morgan fingerprint density at radius 2 is 2.27 bits per heavy atom. The summed E-state index contributed by atoms with van der Waals surface area (Å²) in [7, 11) is 0. The smallest absolute Gasteiger partial charge is 0.133 e. The van der Waals surface area contributed by atoms with Gasteiger partial charge in [-0.2, -0.15) is 0 Å². The molecule has 3 atom stereocenters. The Balaban J connectivity index is 2.79. The zero-order valence-electron chi connectivity index (χ0n) is 8.82. The third-order valence-electron chi connectivity index (χ3n) is 2.78. The second-order valence-corrected chi connectivity index (χ2v) is 5.18. The highest BCUT2D eigenvalue weighted by Crippen LogP contribution is 2.46. The highest BCUT2D eigenvalue weighted by Gasteiger charge is 2.44. The van der Waals surface area contributed by atoms with Crippen molar-refractivity contribution in [2.75, 3.05) is 13.1 Å². The largest absolute Gasteiger partial charge is 0.328 e. The minimum Gasteiger partial charge on any atom is -0.328 e. The average molecular weight is 226 g/mol. The first kappa shape index (κ1) is 12.5. The lowest BCUT2D eigenvalue weighted by molar-refractivity contribution is -0.107. The molecule has 3 nitrogen and oxygen atoms in total. The number of aldehydes is 1. The van der Waals surface area contributed by atoms with Crippen LogP contribution in [0.5, 0.6) is 0 Å². The molecule has 0 spiro atoms. The second-order valence-electron chi connectivity index (χ2n) is 3.61. The number of nitrogens with one attached hydrogen (secondary N) is 1. The molecule has 2 unspecified atom stereocenters. The zero-order chi connectivity index (χ0) is 11.3. The van der Waals surface area contributed by atoms with Gasteiger partial charge in [0.25, 0.3) is 0 Å². The van der Waals surface area contributed by atoms with Crippen LogP contribution in [0.3, 0.4) is 0 Å². The number of hydrogen-bond donors (Lipinski definition) is 2. The van der Waals surface area contributed by atoms with E-state index in [1.54, 1.807) is 11.8 Å². The lowest BCUT2D eigenvalue weighted by Crippen LogP contribution is -2.51. The summed E-state index contributed by atoms with van der Waals surface area (Å²) in [6, 6.07) is 0. The zero-order valence-corrected chi connectivity index (χ0v) is 9.63. The molecule has 0 aromatic heterocycles. The fourth-order valence-corrected chi connectivity index (χ4v) is 3.51. The number of hydrogen-bond acceptors (Lipinski definition) is 4. The monoisotopic (exact) mass is 226 g/mol. The summed E-state index contributed by atoms with van der Waals surface area (Å²) in [4.78, 5) is 10.2. The van der Waals surface area contributed by atoms with Gasteiger partial charge in [-0.15, -0.1) is 24.9 Å². The minimum atomic E-state index is -0.248. The summed E-state index contributed by atoms with van der Waals surface area (Å²) in [6.07, 6.45) is 5.70. The normalized spacial score (nSPS) is 35.0. The average Bonchev–Trinajstić information content (AvgIpc) is 2.65. The van der Waals surface area contributed by atoms with Crippen molar-refractivity contribution in [3.05, 3.63) is 25.3 Å². The van der Waals surface area contributed by atoms with Gasteiger partial charge < -0.3 is 10.5 Å². The number of thioether (sulfide) groups is 1. The van der Waals surface area contributed by atoms with Crippen LogP contribution in [0, 0.1) is 5.92 Å². The highest BCUT2D eigenvalue weighted by atomic mass is 32.2. The molecule has 0 amide bonds. The topological polar surface area (TPSA) is 55.1 Å². The van der Waals surface area contributed by atoms with Gasteiger partial charge in [-0.05, 0) is 6.42 Å². The molecule has 0 saturated carbocycles. The molecule has 0 bridgehead atoms. The van der Waals surface area contributed by atoms with Crippen LogP contribution in [-0.4, -0.2) is 29.5 Å². The molecule has 0 aromatic carbocycles. The Morgan fingerprint density at radius 3 is 2.73 bits per heavy atom. The quantitative estimate of drug-likeness (QED) is 0.522. The van der Waals surface area contributed by atoms with Gasteiger partial charge >= 0.3 is 0 Å². The van der Waals surface area contributed by atoms with Crippen molar-refractivity contribution < 1.29 is 4.79 Å². The standard InChI is InChI=1S/C11H18N2OS/c1-3-9-7-10(4-2)15-11(9,8-12)13-5-6-14/h3-4,6,9-10,13H,1-2,5,7-8,12H2/t9?,10?,11-/m1/s1. The summed E-state index contributed by atoms with van der Waals surface area (Å²) in [6.45, 7) is 8.45. The van der Waals surface area contributed by atoms with Crippen LogP contribution in [0.25, 0.3) is 0 Å². The Bertz CT molecular complexity index is 257. The summed E-state index contributed by atoms with van der Waals surface area (Å²) >= 11 is 1.75. The fraction of sp³-hybridized carbons (Fsp3) is 0.545. The van der Waals surface area contributed by atoms with Crippen molar-refractivity contribution in [3.8, 4) is 0 Å². The molecule has 3 N–H and O–H groups in total. The maximum atomic E-state index is 10.4. The van der Waals surface area contributed by atoms with Gasteiger partial charge in [0.1, 0.15) is 6.29 Å². The van der Waals surface area contributed by atoms with E-state index < -0.39 is 0 Å². The fourth-order valence-electron chi connectivity index (χ4n) is 1.94. The number of carbonyl (C=O) groups excluding carboxylic acids is 1. The van der Waals surface area contributed by atoms with Crippen LogP contribution in [-0.2, 0) is 4.79 Å². The highest BCUT2D eigenvalue weighted by molar-refractivity contribution is 8.01. The van der Waals surface area contributed by atoms with Gasteiger partial charge in [0, 0.05) is 17.7 Å². The Kier molecular flexibility index (Phi) is 4.57. The molecular formula is C11H18N2OS. The van der Waals surface area contributed by atoms with E-state index in [1.807, 2.05) is 12.2 Å². The van der Waals surface area contributed by atoms with Crippen LogP contribution < -0.4 is 11.1 Å². The molecule has 1 saturated heterocycles. The maximum Gasteiger partial charge on any atom is 0.133 e. The maximum absolute atomic E-state index is 10.4. The molecule has 1 fully saturated rings. The first-order valence-electron chi connectivity index (χ1n) is 5.04. The summed E-state index contributed by atoms with van der Waals surface area (Å²) < 4.78 is 0. The number of carbonyl (C=O) groups is 1. The summed E-state index contributed by atoms with van der Waals surface area (Å²) in [5.41, 5.74) is 5.81. The Hall–Kier alpha value is -0.580. The molecular weight excluding hydrogens is 208 g/mol. The van der Waals surface area contributed by atoms with Crippen molar-refractivity contribution in [1.29, 1.82) is 0 Å². The first-order valence-corrected chi connectivity index (χ1v) is 5.92. The van der Waals surface area contributed by atoms with Gasteiger partial charge in [0.05, 0.1) is 11.4 Å². The predicted octanol–water partition coefficient (Wildman–Crippen LogP) is 0.924. The van der Waals surface area contributed by atoms with E-state index >= 15 is 0 Å². The van der Waals surface area contributed by atoms with Gasteiger partial charge in [-0.25, -0.2) is 0 Å². The lowest BCUT2D eigenvalue weighted by Gasteiger charge is -2.32. The molecule has 1 heterocycles. The Labute approximate surface area is 95.2 Å². The molecule has 4 heteroatoms. The molecule has 0 aromatic rings. The SMILES string of the molecule is C=CC1CC(C=C)[C@](CN)(NCC=O)S1. The van der Waals surface area contributed by atoms with Crippen LogP contribution in [0.15, 0.2) is 25.3 Å². The van der Waals surface area contributed by atoms with E-state index in [4.69, 9.17) is 5.73 Å². The molecule has 15 heavy (non-hydrogen) atoms. The number of nitrogens with two attached hydrogens (primary N) is 1. The number of rotatable bonds is 6. The summed E-state index contributed by atoms with van der Waals surface area (Å²) in [5.74, 6) is 0.287. The van der Waals surface area contributed by atoms with Crippen LogP contribution in [0.2, 0.25) is 0 Å². The molecule has 1 rings (SSSR count). The molecule has 1 aliphatic heterocycles. The third kappa shape index (κ3) is 2.51.